The third-order valence-corrected chi connectivity index (χ3v) is 1.60. The minimum Gasteiger partial charge on any atom is -0.325 e. The maximum Gasteiger partial charge on any atom is 0.389 e. The monoisotopic (exact) mass is 205 g/mol. The van der Waals surface area contributed by atoms with Gasteiger partial charge in [-0.05, 0) is 6.07 Å². The van der Waals surface area contributed by atoms with Gasteiger partial charge in [0.2, 0.25) is 0 Å². The molecule has 78 valence electrons. The van der Waals surface area contributed by atoms with Gasteiger partial charge in [-0.15, -0.1) is 0 Å². The molecule has 0 unspecified atom stereocenters. The predicted octanol–water partition coefficient (Wildman–Crippen LogP) is 1.43. The molecule has 0 bridgehead atoms. The molecule has 1 aromatic rings. The molecule has 0 radical (unpaired) electrons. The summed E-state index contributed by atoms with van der Waals surface area (Å²) in [7, 11) is 0. The Morgan fingerprint density at radius 2 is 2.07 bits per heavy atom. The molecule has 2 N–H and O–H groups in total. The first-order valence-electron chi connectivity index (χ1n) is 4.09. The molecule has 6 heteroatoms. The van der Waals surface area contributed by atoms with Gasteiger partial charge in [0.25, 0.3) is 0 Å². The van der Waals surface area contributed by atoms with E-state index in [1.807, 2.05) is 0 Å². The van der Waals surface area contributed by atoms with Crippen molar-refractivity contribution < 1.29 is 13.2 Å². The summed E-state index contributed by atoms with van der Waals surface area (Å²) in [4.78, 5) is 7.58. The maximum absolute atomic E-state index is 11.8. The Labute approximate surface area is 79.2 Å². The number of hydrogen-bond donors (Lipinski definition) is 1. The van der Waals surface area contributed by atoms with Gasteiger partial charge in [-0.2, -0.15) is 13.2 Å². The number of halogens is 3. The van der Waals surface area contributed by atoms with Crippen LogP contribution in [0.15, 0.2) is 12.3 Å². The van der Waals surface area contributed by atoms with Crippen LogP contribution in [-0.2, 0) is 13.0 Å². The molecule has 1 heterocycles. The third kappa shape index (κ3) is 3.69. The number of nitrogens with zero attached hydrogens (tertiary/aromatic N) is 2. The summed E-state index contributed by atoms with van der Waals surface area (Å²) in [5.41, 5.74) is 5.84. The number of hydrogen-bond acceptors (Lipinski definition) is 3. The molecule has 1 rings (SSSR count). The Hall–Kier alpha value is -1.17. The van der Waals surface area contributed by atoms with Gasteiger partial charge in [0, 0.05) is 19.2 Å². The number of nitrogens with two attached hydrogens (primary N) is 1. The Balaban J connectivity index is 2.59. The maximum atomic E-state index is 11.8. The summed E-state index contributed by atoms with van der Waals surface area (Å²) in [6.07, 6.45) is -3.85. The van der Waals surface area contributed by atoms with Crippen LogP contribution in [0.4, 0.5) is 13.2 Å². The lowest BCUT2D eigenvalue weighted by atomic mass is 10.3. The van der Waals surface area contributed by atoms with Gasteiger partial charge in [-0.3, -0.25) is 0 Å². The highest BCUT2D eigenvalue weighted by molar-refractivity contribution is 5.01. The molecule has 0 aliphatic carbocycles. The van der Waals surface area contributed by atoms with Crippen molar-refractivity contribution in [1.82, 2.24) is 9.97 Å². The fourth-order valence-electron chi connectivity index (χ4n) is 0.929. The molecule has 0 saturated carbocycles. The minimum absolute atomic E-state index is 0.185. The smallest absolute Gasteiger partial charge is 0.325 e. The van der Waals surface area contributed by atoms with Crippen LogP contribution in [0.1, 0.15) is 17.9 Å². The standard InChI is InChI=1S/C8H10F3N3/c9-8(10,11)3-1-7-13-4-2-6(5-12)14-7/h2,4H,1,3,5,12H2. The molecular weight excluding hydrogens is 195 g/mol. The first kappa shape index (κ1) is 10.9. The topological polar surface area (TPSA) is 51.8 Å². The summed E-state index contributed by atoms with van der Waals surface area (Å²) in [5, 5.41) is 0. The Morgan fingerprint density at radius 3 is 2.64 bits per heavy atom. The van der Waals surface area contributed by atoms with Crippen LogP contribution in [0.2, 0.25) is 0 Å². The van der Waals surface area contributed by atoms with E-state index in [1.165, 1.54) is 6.20 Å². The van der Waals surface area contributed by atoms with Crippen LogP contribution in [0, 0.1) is 0 Å². The van der Waals surface area contributed by atoms with E-state index in [-0.39, 0.29) is 18.8 Å². The zero-order valence-electron chi connectivity index (χ0n) is 7.38. The fraction of sp³-hybridized carbons (Fsp3) is 0.500. The normalized spacial score (nSPS) is 11.7. The highest BCUT2D eigenvalue weighted by atomic mass is 19.4. The van der Waals surface area contributed by atoms with E-state index < -0.39 is 12.6 Å². The lowest BCUT2D eigenvalue weighted by Crippen LogP contribution is -2.11. The summed E-state index contributed by atoms with van der Waals surface area (Å²) >= 11 is 0. The molecule has 14 heavy (non-hydrogen) atoms. The van der Waals surface area contributed by atoms with Crippen LogP contribution in [0.25, 0.3) is 0 Å². The van der Waals surface area contributed by atoms with Crippen molar-refractivity contribution in [3.63, 3.8) is 0 Å². The van der Waals surface area contributed by atoms with E-state index in [1.54, 1.807) is 6.07 Å². The average molecular weight is 205 g/mol. The molecule has 0 spiro atoms. The summed E-state index contributed by atoms with van der Waals surface area (Å²) in [5.74, 6) is 0.185. The average Bonchev–Trinajstić information content (AvgIpc) is 2.14. The number of rotatable bonds is 3. The Morgan fingerprint density at radius 1 is 1.36 bits per heavy atom. The Bertz CT molecular complexity index is 298. The zero-order chi connectivity index (χ0) is 10.6. The zero-order valence-corrected chi connectivity index (χ0v) is 7.38. The first-order chi connectivity index (χ1) is 6.51. The second-order valence-electron chi connectivity index (χ2n) is 2.78. The number of aromatic nitrogens is 2. The van der Waals surface area contributed by atoms with Crippen molar-refractivity contribution in [3.8, 4) is 0 Å². The second-order valence-corrected chi connectivity index (χ2v) is 2.78. The van der Waals surface area contributed by atoms with Gasteiger partial charge in [0.15, 0.2) is 0 Å². The summed E-state index contributed by atoms with van der Waals surface area (Å²) in [6.45, 7) is 0.210. The van der Waals surface area contributed by atoms with Crippen LogP contribution >= 0.6 is 0 Å². The van der Waals surface area contributed by atoms with E-state index in [0.29, 0.717) is 5.69 Å². The van der Waals surface area contributed by atoms with Crippen molar-refractivity contribution in [2.45, 2.75) is 25.6 Å². The molecule has 0 fully saturated rings. The van der Waals surface area contributed by atoms with E-state index in [9.17, 15) is 13.2 Å². The molecular formula is C8H10F3N3. The predicted molar refractivity (Wildman–Crippen MR) is 44.3 cm³/mol. The van der Waals surface area contributed by atoms with Crippen molar-refractivity contribution in [1.29, 1.82) is 0 Å². The second kappa shape index (κ2) is 4.36. The molecule has 0 aromatic carbocycles. The van der Waals surface area contributed by atoms with Gasteiger partial charge in [-0.25, -0.2) is 9.97 Å². The number of alkyl halides is 3. The van der Waals surface area contributed by atoms with Gasteiger partial charge < -0.3 is 5.73 Å². The molecule has 0 atom stereocenters. The molecule has 1 aromatic heterocycles. The number of aryl methyl sites for hydroxylation is 1. The van der Waals surface area contributed by atoms with Gasteiger partial charge >= 0.3 is 6.18 Å². The van der Waals surface area contributed by atoms with Crippen molar-refractivity contribution in [2.75, 3.05) is 0 Å². The largest absolute Gasteiger partial charge is 0.389 e. The SMILES string of the molecule is NCc1ccnc(CCC(F)(F)F)n1. The summed E-state index contributed by atoms with van der Waals surface area (Å²) < 4.78 is 35.5. The van der Waals surface area contributed by atoms with Crippen molar-refractivity contribution >= 4 is 0 Å². The van der Waals surface area contributed by atoms with E-state index in [0.717, 1.165) is 0 Å². The van der Waals surface area contributed by atoms with E-state index >= 15 is 0 Å². The molecule has 0 aliphatic heterocycles. The molecule has 3 nitrogen and oxygen atoms in total. The van der Waals surface area contributed by atoms with Crippen LogP contribution in [-0.4, -0.2) is 16.1 Å². The van der Waals surface area contributed by atoms with Gasteiger partial charge in [0.05, 0.1) is 12.1 Å². The van der Waals surface area contributed by atoms with Gasteiger partial charge in [0.1, 0.15) is 5.82 Å². The first-order valence-corrected chi connectivity index (χ1v) is 4.09. The fourth-order valence-corrected chi connectivity index (χ4v) is 0.929. The van der Waals surface area contributed by atoms with Gasteiger partial charge in [-0.1, -0.05) is 0 Å². The van der Waals surface area contributed by atoms with Crippen molar-refractivity contribution in [2.24, 2.45) is 5.73 Å². The third-order valence-electron chi connectivity index (χ3n) is 1.60. The van der Waals surface area contributed by atoms with Crippen LogP contribution < -0.4 is 5.73 Å². The molecule has 0 amide bonds. The van der Waals surface area contributed by atoms with Crippen LogP contribution in [0.3, 0.4) is 0 Å². The lowest BCUT2D eigenvalue weighted by molar-refractivity contribution is -0.134. The van der Waals surface area contributed by atoms with E-state index in [2.05, 4.69) is 9.97 Å². The van der Waals surface area contributed by atoms with Crippen LogP contribution in [0.5, 0.6) is 0 Å². The minimum atomic E-state index is -4.16. The van der Waals surface area contributed by atoms with E-state index in [4.69, 9.17) is 5.73 Å². The highest BCUT2D eigenvalue weighted by Gasteiger charge is 2.26. The highest BCUT2D eigenvalue weighted by Crippen LogP contribution is 2.20. The quantitative estimate of drug-likeness (QED) is 0.812. The van der Waals surface area contributed by atoms with Crippen molar-refractivity contribution in [3.05, 3.63) is 23.8 Å². The molecule has 0 aliphatic rings. The lowest BCUT2D eigenvalue weighted by Gasteiger charge is -2.05. The Kier molecular flexibility index (Phi) is 3.40. The summed E-state index contributed by atoms with van der Waals surface area (Å²) in [6, 6.07) is 1.58. The molecule has 0 saturated heterocycles.